The molecule has 1 rings (SSSR count). The number of carbonyl (C=O) groups excluding carboxylic acids is 2. The molecule has 0 radical (unpaired) electrons. The van der Waals surface area contributed by atoms with Crippen LogP contribution >= 0.6 is 0 Å². The van der Waals surface area contributed by atoms with E-state index in [4.69, 9.17) is 15.2 Å². The summed E-state index contributed by atoms with van der Waals surface area (Å²) in [4.78, 5) is 22.9. The maximum atomic E-state index is 12.7. The highest BCUT2D eigenvalue weighted by Gasteiger charge is 2.27. The van der Waals surface area contributed by atoms with E-state index in [2.05, 4.69) is 0 Å². The lowest BCUT2D eigenvalue weighted by Crippen LogP contribution is -2.32. The Kier molecular flexibility index (Phi) is 6.73. The second kappa shape index (κ2) is 8.11. The third kappa shape index (κ3) is 4.24. The van der Waals surface area contributed by atoms with Gasteiger partial charge in [0.1, 0.15) is 10.6 Å². The molecule has 1 aromatic rings. The van der Waals surface area contributed by atoms with Crippen LogP contribution in [0.3, 0.4) is 0 Å². The minimum atomic E-state index is -3.84. The molecule has 0 saturated carbocycles. The number of esters is 1. The van der Waals surface area contributed by atoms with Crippen LogP contribution in [0.2, 0.25) is 0 Å². The Morgan fingerprint density at radius 3 is 2.29 bits per heavy atom. The van der Waals surface area contributed by atoms with E-state index < -0.39 is 28.0 Å². The molecule has 0 aliphatic heterocycles. The molecule has 24 heavy (non-hydrogen) atoms. The summed E-state index contributed by atoms with van der Waals surface area (Å²) in [6.45, 7) is 5.29. The number of nitrogens with two attached hydrogens (primary N) is 1. The van der Waals surface area contributed by atoms with E-state index in [0.717, 1.165) is 0 Å². The largest absolute Gasteiger partial charge is 0.495 e. The topological polar surface area (TPSA) is 116 Å². The van der Waals surface area contributed by atoms with Crippen molar-refractivity contribution in [3.8, 4) is 5.75 Å². The van der Waals surface area contributed by atoms with Crippen molar-refractivity contribution in [3.05, 3.63) is 23.8 Å². The molecule has 0 fully saturated rings. The summed E-state index contributed by atoms with van der Waals surface area (Å²) in [7, 11) is -2.50. The Labute approximate surface area is 141 Å². The van der Waals surface area contributed by atoms with Gasteiger partial charge in [-0.1, -0.05) is 13.8 Å². The quantitative estimate of drug-likeness (QED) is 0.686. The van der Waals surface area contributed by atoms with Crippen molar-refractivity contribution in [1.82, 2.24) is 4.31 Å². The zero-order valence-corrected chi connectivity index (χ0v) is 14.9. The molecule has 2 N–H and O–H groups in total. The third-order valence-electron chi connectivity index (χ3n) is 3.41. The van der Waals surface area contributed by atoms with Gasteiger partial charge >= 0.3 is 5.97 Å². The highest BCUT2D eigenvalue weighted by molar-refractivity contribution is 7.89. The lowest BCUT2D eigenvalue weighted by atomic mass is 10.2. The zero-order valence-electron chi connectivity index (χ0n) is 14.1. The smallest absolute Gasteiger partial charge is 0.338 e. The summed E-state index contributed by atoms with van der Waals surface area (Å²) in [6, 6.07) is 3.89. The van der Waals surface area contributed by atoms with Gasteiger partial charge in [-0.25, -0.2) is 13.2 Å². The van der Waals surface area contributed by atoms with Gasteiger partial charge in [0.2, 0.25) is 10.0 Å². The van der Waals surface area contributed by atoms with Crippen molar-refractivity contribution in [1.29, 1.82) is 0 Å². The lowest BCUT2D eigenvalue weighted by Gasteiger charge is -2.20. The van der Waals surface area contributed by atoms with Crippen LogP contribution in [-0.4, -0.2) is 50.9 Å². The van der Waals surface area contributed by atoms with E-state index in [1.807, 2.05) is 0 Å². The molecule has 1 aromatic carbocycles. The lowest BCUT2D eigenvalue weighted by molar-refractivity contribution is -0.125. The highest BCUT2D eigenvalue weighted by atomic mass is 32.2. The average Bonchev–Trinajstić information content (AvgIpc) is 2.54. The minimum Gasteiger partial charge on any atom is -0.495 e. The van der Waals surface area contributed by atoms with Gasteiger partial charge in [-0.3, -0.25) is 4.79 Å². The molecule has 8 nitrogen and oxygen atoms in total. The van der Waals surface area contributed by atoms with Crippen molar-refractivity contribution in [2.24, 2.45) is 5.73 Å². The van der Waals surface area contributed by atoms with E-state index in [9.17, 15) is 18.0 Å². The van der Waals surface area contributed by atoms with Crippen LogP contribution in [0.4, 0.5) is 0 Å². The predicted octanol–water partition coefficient (Wildman–Crippen LogP) is 0.756. The monoisotopic (exact) mass is 358 g/mol. The molecule has 0 spiro atoms. The predicted molar refractivity (Wildman–Crippen MR) is 87.2 cm³/mol. The number of rotatable bonds is 8. The van der Waals surface area contributed by atoms with Gasteiger partial charge in [-0.15, -0.1) is 0 Å². The first kappa shape index (κ1) is 19.9. The van der Waals surface area contributed by atoms with Crippen molar-refractivity contribution in [2.45, 2.75) is 31.8 Å². The molecule has 0 bridgehead atoms. The van der Waals surface area contributed by atoms with Crippen LogP contribution < -0.4 is 10.5 Å². The molecular formula is C15H22N2O6S. The summed E-state index contributed by atoms with van der Waals surface area (Å²) in [6.07, 6.45) is -1.12. The number of sulfonamides is 1. The number of carbonyl (C=O) groups is 2. The van der Waals surface area contributed by atoms with Crippen molar-refractivity contribution >= 4 is 21.9 Å². The maximum Gasteiger partial charge on any atom is 0.338 e. The van der Waals surface area contributed by atoms with E-state index >= 15 is 0 Å². The molecule has 134 valence electrons. The summed E-state index contributed by atoms with van der Waals surface area (Å²) in [5, 5.41) is 0. The van der Waals surface area contributed by atoms with Gasteiger partial charge in [0.25, 0.3) is 5.91 Å². The fraction of sp³-hybridized carbons (Fsp3) is 0.467. The van der Waals surface area contributed by atoms with Gasteiger partial charge in [0.05, 0.1) is 12.7 Å². The first-order valence-corrected chi connectivity index (χ1v) is 8.81. The number of primary amides is 1. The Morgan fingerprint density at radius 2 is 1.83 bits per heavy atom. The first-order chi connectivity index (χ1) is 11.2. The summed E-state index contributed by atoms with van der Waals surface area (Å²) >= 11 is 0. The van der Waals surface area contributed by atoms with Crippen molar-refractivity contribution < 1.29 is 27.5 Å². The molecule has 1 unspecified atom stereocenters. The molecule has 9 heteroatoms. The Balaban J connectivity index is 3.31. The molecule has 0 saturated heterocycles. The normalized spacial score (nSPS) is 12.7. The van der Waals surface area contributed by atoms with Crippen molar-refractivity contribution in [2.75, 3.05) is 20.2 Å². The standard InChI is InChI=1S/C15H22N2O6S/c1-5-17(6-2)24(20,21)13-9-11(7-8-12(13)22-4)15(19)23-10(3)14(16)18/h7-10H,5-6H2,1-4H3,(H2,16,18). The van der Waals surface area contributed by atoms with Gasteiger partial charge < -0.3 is 15.2 Å². The number of amides is 1. The number of ether oxygens (including phenoxy) is 2. The second-order valence-electron chi connectivity index (χ2n) is 4.90. The van der Waals surface area contributed by atoms with Crippen LogP contribution in [-0.2, 0) is 19.6 Å². The third-order valence-corrected chi connectivity index (χ3v) is 5.48. The van der Waals surface area contributed by atoms with Crippen LogP contribution in [0.5, 0.6) is 5.75 Å². The van der Waals surface area contributed by atoms with E-state index in [1.165, 1.54) is 36.5 Å². The van der Waals surface area contributed by atoms with Gasteiger partial charge in [-0.05, 0) is 25.1 Å². The Hall–Kier alpha value is -2.13. The Bertz CT molecular complexity index is 713. The van der Waals surface area contributed by atoms with Crippen LogP contribution in [0.1, 0.15) is 31.1 Å². The van der Waals surface area contributed by atoms with E-state index in [1.54, 1.807) is 13.8 Å². The Morgan fingerprint density at radius 1 is 1.25 bits per heavy atom. The van der Waals surface area contributed by atoms with Crippen molar-refractivity contribution in [3.63, 3.8) is 0 Å². The number of methoxy groups -OCH3 is 1. The van der Waals surface area contributed by atoms with Crippen LogP contribution in [0.25, 0.3) is 0 Å². The maximum absolute atomic E-state index is 12.7. The van der Waals surface area contributed by atoms with E-state index in [-0.39, 0.29) is 29.3 Å². The molecule has 0 heterocycles. The van der Waals surface area contributed by atoms with E-state index in [0.29, 0.717) is 0 Å². The molecule has 0 aliphatic carbocycles. The second-order valence-corrected chi connectivity index (χ2v) is 6.81. The SMILES string of the molecule is CCN(CC)S(=O)(=O)c1cc(C(=O)OC(C)C(N)=O)ccc1OC. The number of hydrogen-bond donors (Lipinski definition) is 1. The molecule has 0 aliphatic rings. The van der Waals surface area contributed by atoms with Gasteiger partial charge in [-0.2, -0.15) is 4.31 Å². The minimum absolute atomic E-state index is 0.0189. The summed E-state index contributed by atoms with van der Waals surface area (Å²) < 4.78 is 36.6. The molecule has 0 aromatic heterocycles. The zero-order chi connectivity index (χ0) is 18.5. The fourth-order valence-corrected chi connectivity index (χ4v) is 3.63. The highest BCUT2D eigenvalue weighted by Crippen LogP contribution is 2.28. The van der Waals surface area contributed by atoms with Gasteiger partial charge in [0, 0.05) is 13.1 Å². The first-order valence-electron chi connectivity index (χ1n) is 7.37. The average molecular weight is 358 g/mol. The van der Waals surface area contributed by atoms with Crippen LogP contribution in [0.15, 0.2) is 23.1 Å². The molecule has 1 atom stereocenters. The summed E-state index contributed by atoms with van der Waals surface area (Å²) in [5.74, 6) is -1.53. The summed E-state index contributed by atoms with van der Waals surface area (Å²) in [5.41, 5.74) is 5.03. The number of nitrogens with zero attached hydrogens (tertiary/aromatic N) is 1. The van der Waals surface area contributed by atoms with Crippen LogP contribution in [0, 0.1) is 0 Å². The van der Waals surface area contributed by atoms with Gasteiger partial charge in [0.15, 0.2) is 6.10 Å². The molecule has 1 amide bonds. The number of benzene rings is 1. The fourth-order valence-electron chi connectivity index (χ4n) is 1.99. The molecular weight excluding hydrogens is 336 g/mol. The number of hydrogen-bond acceptors (Lipinski definition) is 6.